The van der Waals surface area contributed by atoms with Crippen LogP contribution in [0.1, 0.15) is 38.4 Å². The lowest BCUT2D eigenvalue weighted by Gasteiger charge is -2.26. The molecule has 3 aromatic heterocycles. The van der Waals surface area contributed by atoms with Crippen molar-refractivity contribution in [2.45, 2.75) is 50.4 Å². The first kappa shape index (κ1) is 20.9. The number of para-hydroxylation sites is 1. The van der Waals surface area contributed by atoms with Crippen molar-refractivity contribution >= 4 is 28.6 Å². The van der Waals surface area contributed by atoms with Crippen LogP contribution in [0.4, 0.5) is 0 Å². The van der Waals surface area contributed by atoms with Crippen molar-refractivity contribution in [1.29, 1.82) is 0 Å². The number of nitrogens with one attached hydrogen (secondary N) is 2. The first-order chi connectivity index (χ1) is 15.7. The third kappa shape index (κ3) is 4.46. The molecule has 32 heavy (non-hydrogen) atoms. The highest BCUT2D eigenvalue weighted by Gasteiger charge is 2.22. The van der Waals surface area contributed by atoms with E-state index in [0.717, 1.165) is 46.8 Å². The number of carbonyl (C=O) groups excluding carboxylic acids is 1. The molecular weight excluding hydrogens is 422 g/mol. The minimum atomic E-state index is 0.0516. The number of benzene rings is 1. The number of aromatic amines is 1. The minimum Gasteiger partial charge on any atom is -0.467 e. The van der Waals surface area contributed by atoms with Crippen LogP contribution >= 0.6 is 11.8 Å². The predicted molar refractivity (Wildman–Crippen MR) is 125 cm³/mol. The molecule has 2 N–H and O–H groups in total. The molecule has 1 fully saturated rings. The third-order valence-electron chi connectivity index (χ3n) is 6.15. The molecule has 0 bridgehead atoms. The van der Waals surface area contributed by atoms with Crippen molar-refractivity contribution in [3.8, 4) is 11.4 Å². The number of rotatable bonds is 7. The molecule has 1 aliphatic rings. The van der Waals surface area contributed by atoms with Gasteiger partial charge in [-0.05, 0) is 49.8 Å². The van der Waals surface area contributed by atoms with Crippen molar-refractivity contribution in [2.24, 2.45) is 5.92 Å². The molecule has 0 spiro atoms. The monoisotopic (exact) mass is 449 g/mol. The van der Waals surface area contributed by atoms with Crippen LogP contribution in [0.15, 0.2) is 58.4 Å². The molecule has 1 aromatic carbocycles. The molecule has 0 saturated heterocycles. The summed E-state index contributed by atoms with van der Waals surface area (Å²) in [6, 6.07) is 12.2. The van der Waals surface area contributed by atoms with Gasteiger partial charge >= 0.3 is 0 Å². The average molecular weight is 450 g/mol. The zero-order chi connectivity index (χ0) is 21.9. The van der Waals surface area contributed by atoms with Gasteiger partial charge in [0.05, 0.1) is 18.6 Å². The summed E-state index contributed by atoms with van der Waals surface area (Å²) in [6.45, 7) is 2.78. The van der Waals surface area contributed by atoms with Gasteiger partial charge in [0.2, 0.25) is 5.91 Å². The summed E-state index contributed by atoms with van der Waals surface area (Å²) in [5, 5.41) is 13.9. The second-order valence-electron chi connectivity index (χ2n) is 8.53. The standard InChI is InChI=1S/C24H27N5O2S/c1-16-8-10-17(11-9-16)26-22(30)15-32-24-28-27-23(29(24)14-18-5-4-12-31-18)20-13-25-21-7-3-2-6-19(20)21/h2-7,12-13,16-17,25H,8-11,14-15H2,1H3,(H,26,30). The molecule has 5 rings (SSSR count). The smallest absolute Gasteiger partial charge is 0.230 e. The maximum atomic E-state index is 12.6. The van der Waals surface area contributed by atoms with Gasteiger partial charge in [-0.25, -0.2) is 0 Å². The molecule has 1 aliphatic carbocycles. The van der Waals surface area contributed by atoms with Crippen molar-refractivity contribution in [1.82, 2.24) is 25.1 Å². The Kier molecular flexibility index (Phi) is 6.03. The number of amides is 1. The Balaban J connectivity index is 1.36. The second kappa shape index (κ2) is 9.24. The Morgan fingerprint density at radius 3 is 2.84 bits per heavy atom. The molecule has 1 saturated carbocycles. The molecular formula is C24H27N5O2S. The van der Waals surface area contributed by atoms with E-state index >= 15 is 0 Å². The molecule has 0 aliphatic heterocycles. The van der Waals surface area contributed by atoms with Crippen LogP contribution in [-0.4, -0.2) is 37.5 Å². The normalized spacial score (nSPS) is 18.8. The summed E-state index contributed by atoms with van der Waals surface area (Å²) in [7, 11) is 0. The molecule has 3 heterocycles. The lowest BCUT2D eigenvalue weighted by Crippen LogP contribution is -2.38. The van der Waals surface area contributed by atoms with E-state index < -0.39 is 0 Å². The van der Waals surface area contributed by atoms with Crippen LogP contribution < -0.4 is 5.32 Å². The Hall–Kier alpha value is -3.00. The Bertz CT molecular complexity index is 1190. The van der Waals surface area contributed by atoms with Crippen LogP contribution in [0.5, 0.6) is 0 Å². The number of aromatic nitrogens is 4. The number of furan rings is 1. The van der Waals surface area contributed by atoms with Gasteiger partial charge in [-0.15, -0.1) is 10.2 Å². The Morgan fingerprint density at radius 1 is 1.19 bits per heavy atom. The predicted octanol–water partition coefficient (Wildman–Crippen LogP) is 4.85. The Morgan fingerprint density at radius 2 is 2.03 bits per heavy atom. The molecule has 0 unspecified atom stereocenters. The highest BCUT2D eigenvalue weighted by molar-refractivity contribution is 7.99. The van der Waals surface area contributed by atoms with E-state index in [4.69, 9.17) is 4.42 Å². The number of thioether (sulfide) groups is 1. The minimum absolute atomic E-state index is 0.0516. The largest absolute Gasteiger partial charge is 0.467 e. The number of hydrogen-bond acceptors (Lipinski definition) is 5. The fraction of sp³-hybridized carbons (Fsp3) is 0.375. The number of fused-ring (bicyclic) bond motifs is 1. The summed E-state index contributed by atoms with van der Waals surface area (Å²) in [4.78, 5) is 15.9. The van der Waals surface area contributed by atoms with Crippen molar-refractivity contribution in [3.05, 3.63) is 54.6 Å². The Labute approximate surface area is 191 Å². The zero-order valence-electron chi connectivity index (χ0n) is 18.1. The average Bonchev–Trinajstić information content (AvgIpc) is 3.54. The van der Waals surface area contributed by atoms with E-state index in [1.165, 1.54) is 24.6 Å². The van der Waals surface area contributed by atoms with Gasteiger partial charge in [0.1, 0.15) is 5.76 Å². The third-order valence-corrected chi connectivity index (χ3v) is 7.12. The molecule has 4 aromatic rings. The van der Waals surface area contributed by atoms with Gasteiger partial charge in [0.25, 0.3) is 0 Å². The molecule has 1 amide bonds. The molecule has 8 heteroatoms. The summed E-state index contributed by atoms with van der Waals surface area (Å²) in [5.74, 6) is 2.70. The van der Waals surface area contributed by atoms with Gasteiger partial charge in [-0.2, -0.15) is 0 Å². The quantitative estimate of drug-likeness (QED) is 0.394. The van der Waals surface area contributed by atoms with E-state index in [1.807, 2.05) is 41.1 Å². The summed E-state index contributed by atoms with van der Waals surface area (Å²) < 4.78 is 7.61. The van der Waals surface area contributed by atoms with Gasteiger partial charge < -0.3 is 14.7 Å². The number of carbonyl (C=O) groups is 1. The van der Waals surface area contributed by atoms with E-state index in [-0.39, 0.29) is 5.91 Å². The topological polar surface area (TPSA) is 88.7 Å². The van der Waals surface area contributed by atoms with Crippen LogP contribution in [-0.2, 0) is 11.3 Å². The lowest BCUT2D eigenvalue weighted by molar-refractivity contribution is -0.119. The van der Waals surface area contributed by atoms with Crippen molar-refractivity contribution in [2.75, 3.05) is 5.75 Å². The lowest BCUT2D eigenvalue weighted by atomic mass is 9.87. The van der Waals surface area contributed by atoms with Crippen molar-refractivity contribution < 1.29 is 9.21 Å². The van der Waals surface area contributed by atoms with E-state index in [1.54, 1.807) is 6.26 Å². The fourth-order valence-corrected chi connectivity index (χ4v) is 5.10. The zero-order valence-corrected chi connectivity index (χ0v) is 18.9. The molecule has 7 nitrogen and oxygen atoms in total. The van der Waals surface area contributed by atoms with E-state index in [9.17, 15) is 4.79 Å². The van der Waals surface area contributed by atoms with Crippen LogP contribution in [0.2, 0.25) is 0 Å². The van der Waals surface area contributed by atoms with Crippen LogP contribution in [0.3, 0.4) is 0 Å². The first-order valence-electron chi connectivity index (χ1n) is 11.1. The fourth-order valence-electron chi connectivity index (χ4n) is 4.36. The number of nitrogens with zero attached hydrogens (tertiary/aromatic N) is 3. The van der Waals surface area contributed by atoms with Gasteiger partial charge in [0, 0.05) is 28.7 Å². The molecule has 0 radical (unpaired) electrons. The van der Waals surface area contributed by atoms with Gasteiger partial charge in [-0.1, -0.05) is 36.9 Å². The first-order valence-corrected chi connectivity index (χ1v) is 12.1. The van der Waals surface area contributed by atoms with Crippen molar-refractivity contribution in [3.63, 3.8) is 0 Å². The maximum Gasteiger partial charge on any atom is 0.230 e. The van der Waals surface area contributed by atoms with E-state index in [2.05, 4.69) is 33.5 Å². The highest BCUT2D eigenvalue weighted by Crippen LogP contribution is 2.31. The van der Waals surface area contributed by atoms with Gasteiger partial charge in [0.15, 0.2) is 11.0 Å². The van der Waals surface area contributed by atoms with Crippen LogP contribution in [0, 0.1) is 5.92 Å². The van der Waals surface area contributed by atoms with E-state index in [0.29, 0.717) is 23.5 Å². The molecule has 166 valence electrons. The second-order valence-corrected chi connectivity index (χ2v) is 9.48. The van der Waals surface area contributed by atoms with Gasteiger partial charge in [-0.3, -0.25) is 9.36 Å². The summed E-state index contributed by atoms with van der Waals surface area (Å²) in [6.07, 6.45) is 8.12. The summed E-state index contributed by atoms with van der Waals surface area (Å²) >= 11 is 1.42. The highest BCUT2D eigenvalue weighted by atomic mass is 32.2. The number of hydrogen-bond donors (Lipinski definition) is 2. The summed E-state index contributed by atoms with van der Waals surface area (Å²) in [5.41, 5.74) is 2.03. The number of H-pyrrole nitrogens is 1. The SMILES string of the molecule is CC1CCC(NC(=O)CSc2nnc(-c3c[nH]c4ccccc34)n2Cc2ccco2)CC1. The maximum absolute atomic E-state index is 12.6. The molecule has 0 atom stereocenters. The van der Waals surface area contributed by atoms with Crippen LogP contribution in [0.25, 0.3) is 22.3 Å².